The van der Waals surface area contributed by atoms with E-state index in [2.05, 4.69) is 54.0 Å². The highest BCUT2D eigenvalue weighted by molar-refractivity contribution is 9.10. The van der Waals surface area contributed by atoms with E-state index in [1.54, 1.807) is 0 Å². The fourth-order valence-electron chi connectivity index (χ4n) is 1.83. The number of halogens is 2. The number of nitrogens with zero attached hydrogens (tertiary/aromatic N) is 2. The minimum atomic E-state index is 0.857. The molecule has 74 valence electrons. The van der Waals surface area contributed by atoms with E-state index in [4.69, 9.17) is 0 Å². The van der Waals surface area contributed by atoms with Crippen LogP contribution < -0.4 is 0 Å². The molecule has 2 aromatic heterocycles. The lowest BCUT2D eigenvalue weighted by molar-refractivity contribution is 1.21. The molecule has 0 saturated carbocycles. The van der Waals surface area contributed by atoms with Gasteiger partial charge in [-0.15, -0.1) is 0 Å². The zero-order valence-electron chi connectivity index (χ0n) is 7.67. The topological polar surface area (TPSA) is 25.8 Å². The highest BCUT2D eigenvalue weighted by Gasteiger charge is 2.21. The summed E-state index contributed by atoms with van der Waals surface area (Å²) in [4.78, 5) is 8.94. The monoisotopic (exact) mass is 324 g/mol. The molecule has 0 unspecified atom stereocenters. The fourth-order valence-corrected chi connectivity index (χ4v) is 2.45. The van der Waals surface area contributed by atoms with Gasteiger partial charge in [0.1, 0.15) is 9.21 Å². The number of hydrogen-bond acceptors (Lipinski definition) is 2. The minimum absolute atomic E-state index is 0.857. The molecule has 0 amide bonds. The maximum atomic E-state index is 4.47. The molecule has 0 aromatic carbocycles. The van der Waals surface area contributed by atoms with Crippen molar-refractivity contribution in [3.05, 3.63) is 44.6 Å². The third kappa shape index (κ3) is 1.52. The van der Waals surface area contributed by atoms with Crippen molar-refractivity contribution in [3.8, 4) is 11.4 Å². The van der Waals surface area contributed by atoms with E-state index in [1.165, 1.54) is 11.1 Å². The van der Waals surface area contributed by atoms with Gasteiger partial charge in [0.05, 0.1) is 11.4 Å². The number of hydrogen-bond donors (Lipinski definition) is 0. The predicted octanol–water partition coefficient (Wildman–Crippen LogP) is 3.57. The summed E-state index contributed by atoms with van der Waals surface area (Å²) in [6, 6.07) is 8.14. The molecule has 2 aromatic rings. The van der Waals surface area contributed by atoms with Crippen LogP contribution in [0.1, 0.15) is 11.1 Å². The number of rotatable bonds is 0. The van der Waals surface area contributed by atoms with Crippen LogP contribution in [-0.4, -0.2) is 9.97 Å². The largest absolute Gasteiger partial charge is 0.239 e. The van der Waals surface area contributed by atoms with Crippen molar-refractivity contribution in [2.75, 3.05) is 0 Å². The normalized spacial score (nSPS) is 12.4. The Hall–Kier alpha value is -0.740. The molecule has 0 N–H and O–H groups in total. The van der Waals surface area contributed by atoms with Gasteiger partial charge in [0.25, 0.3) is 0 Å². The fraction of sp³-hybridized carbons (Fsp3) is 0.0909. The van der Waals surface area contributed by atoms with Crippen molar-refractivity contribution in [2.45, 2.75) is 6.42 Å². The Balaban J connectivity index is 2.28. The first-order chi connectivity index (χ1) is 7.24. The Kier molecular flexibility index (Phi) is 2.14. The summed E-state index contributed by atoms with van der Waals surface area (Å²) in [5, 5.41) is 0. The Labute approximate surface area is 104 Å². The van der Waals surface area contributed by atoms with Crippen LogP contribution >= 0.6 is 31.9 Å². The summed E-state index contributed by atoms with van der Waals surface area (Å²) in [5.41, 5.74) is 4.50. The molecule has 4 heteroatoms. The molecule has 1 aliphatic carbocycles. The molecular formula is C11H6Br2N2. The predicted molar refractivity (Wildman–Crippen MR) is 65.7 cm³/mol. The molecule has 2 heterocycles. The van der Waals surface area contributed by atoms with Gasteiger partial charge in [-0.05, 0) is 55.1 Å². The Morgan fingerprint density at radius 2 is 1.27 bits per heavy atom. The van der Waals surface area contributed by atoms with Gasteiger partial charge in [-0.2, -0.15) is 0 Å². The highest BCUT2D eigenvalue weighted by Crippen LogP contribution is 2.35. The summed E-state index contributed by atoms with van der Waals surface area (Å²) in [7, 11) is 0. The first-order valence-electron chi connectivity index (χ1n) is 4.55. The molecule has 0 bridgehead atoms. The van der Waals surface area contributed by atoms with Crippen molar-refractivity contribution < 1.29 is 0 Å². The van der Waals surface area contributed by atoms with Crippen molar-refractivity contribution in [2.24, 2.45) is 0 Å². The van der Waals surface area contributed by atoms with Gasteiger partial charge < -0.3 is 0 Å². The van der Waals surface area contributed by atoms with E-state index in [1.807, 2.05) is 12.1 Å². The molecule has 0 aliphatic heterocycles. The van der Waals surface area contributed by atoms with E-state index in [0.717, 1.165) is 27.0 Å². The molecule has 0 saturated heterocycles. The van der Waals surface area contributed by atoms with Crippen LogP contribution in [0.3, 0.4) is 0 Å². The second-order valence-corrected chi connectivity index (χ2v) is 5.09. The molecule has 0 radical (unpaired) electrons. The zero-order chi connectivity index (χ0) is 10.4. The molecule has 0 fully saturated rings. The SMILES string of the molecule is Brc1ccc2c(n1)-c1nc(Br)ccc1C2. The van der Waals surface area contributed by atoms with Crippen LogP contribution in [0.5, 0.6) is 0 Å². The van der Waals surface area contributed by atoms with Crippen LogP contribution in [0, 0.1) is 0 Å². The standard InChI is InChI=1S/C11H6Br2N2/c12-8-3-1-6-5-7-2-4-9(13)15-11(7)10(6)14-8/h1-4H,5H2. The van der Waals surface area contributed by atoms with Crippen LogP contribution in [0.4, 0.5) is 0 Å². The summed E-state index contributed by atoms with van der Waals surface area (Å²) in [6.07, 6.45) is 0.936. The molecular weight excluding hydrogens is 320 g/mol. The van der Waals surface area contributed by atoms with Gasteiger partial charge >= 0.3 is 0 Å². The first-order valence-corrected chi connectivity index (χ1v) is 6.14. The van der Waals surface area contributed by atoms with E-state index in [-0.39, 0.29) is 0 Å². The summed E-state index contributed by atoms with van der Waals surface area (Å²) in [5.74, 6) is 0. The maximum Gasteiger partial charge on any atom is 0.106 e. The number of pyridine rings is 2. The van der Waals surface area contributed by atoms with Crippen LogP contribution in [-0.2, 0) is 6.42 Å². The van der Waals surface area contributed by atoms with Gasteiger partial charge in [0, 0.05) is 6.42 Å². The van der Waals surface area contributed by atoms with E-state index >= 15 is 0 Å². The van der Waals surface area contributed by atoms with Crippen molar-refractivity contribution >= 4 is 31.9 Å². The van der Waals surface area contributed by atoms with E-state index < -0.39 is 0 Å². The van der Waals surface area contributed by atoms with Gasteiger partial charge in [0.2, 0.25) is 0 Å². The zero-order valence-corrected chi connectivity index (χ0v) is 10.8. The Morgan fingerprint density at radius 3 is 1.73 bits per heavy atom. The third-order valence-electron chi connectivity index (χ3n) is 2.49. The second-order valence-electron chi connectivity index (χ2n) is 3.46. The molecule has 1 aliphatic rings. The van der Waals surface area contributed by atoms with Crippen LogP contribution in [0.25, 0.3) is 11.4 Å². The van der Waals surface area contributed by atoms with Gasteiger partial charge in [-0.25, -0.2) is 9.97 Å². The van der Waals surface area contributed by atoms with Crippen molar-refractivity contribution in [1.29, 1.82) is 0 Å². The molecule has 2 nitrogen and oxygen atoms in total. The lowest BCUT2D eigenvalue weighted by Crippen LogP contribution is -1.87. The maximum absolute atomic E-state index is 4.47. The minimum Gasteiger partial charge on any atom is -0.239 e. The van der Waals surface area contributed by atoms with E-state index in [0.29, 0.717) is 0 Å². The van der Waals surface area contributed by atoms with Crippen molar-refractivity contribution in [3.63, 3.8) is 0 Å². The molecule has 15 heavy (non-hydrogen) atoms. The summed E-state index contributed by atoms with van der Waals surface area (Å²) < 4.78 is 1.71. The lowest BCUT2D eigenvalue weighted by atomic mass is 10.2. The average Bonchev–Trinajstić information content (AvgIpc) is 2.56. The number of fused-ring (bicyclic) bond motifs is 3. The Bertz CT molecular complexity index is 503. The van der Waals surface area contributed by atoms with Gasteiger partial charge in [-0.1, -0.05) is 12.1 Å². The smallest absolute Gasteiger partial charge is 0.106 e. The van der Waals surface area contributed by atoms with Crippen LogP contribution in [0.15, 0.2) is 33.5 Å². The summed E-state index contributed by atoms with van der Waals surface area (Å²) in [6.45, 7) is 0. The average molecular weight is 326 g/mol. The van der Waals surface area contributed by atoms with Crippen LogP contribution in [0.2, 0.25) is 0 Å². The Morgan fingerprint density at radius 1 is 0.800 bits per heavy atom. The highest BCUT2D eigenvalue weighted by atomic mass is 79.9. The first kappa shape index (κ1) is 9.48. The summed E-state index contributed by atoms with van der Waals surface area (Å²) >= 11 is 6.77. The van der Waals surface area contributed by atoms with Crippen molar-refractivity contribution in [1.82, 2.24) is 9.97 Å². The third-order valence-corrected chi connectivity index (χ3v) is 3.38. The second kappa shape index (κ2) is 3.39. The molecule has 3 rings (SSSR count). The molecule has 0 spiro atoms. The van der Waals surface area contributed by atoms with E-state index in [9.17, 15) is 0 Å². The van der Waals surface area contributed by atoms with Gasteiger partial charge in [0.15, 0.2) is 0 Å². The number of aromatic nitrogens is 2. The lowest BCUT2D eigenvalue weighted by Gasteiger charge is -1.99. The molecule has 0 atom stereocenters. The van der Waals surface area contributed by atoms with Gasteiger partial charge in [-0.3, -0.25) is 0 Å². The quantitative estimate of drug-likeness (QED) is 0.590.